The van der Waals surface area contributed by atoms with Crippen molar-refractivity contribution in [2.45, 2.75) is 38.8 Å². The molecule has 2 rings (SSSR count). The van der Waals surface area contributed by atoms with Crippen LogP contribution in [0.2, 0.25) is 0 Å². The van der Waals surface area contributed by atoms with Gasteiger partial charge in [-0.25, -0.2) is 0 Å². The van der Waals surface area contributed by atoms with Crippen molar-refractivity contribution in [2.75, 3.05) is 27.2 Å². The lowest BCUT2D eigenvalue weighted by molar-refractivity contribution is 0.279. The molecule has 1 aromatic rings. The molecule has 0 atom stereocenters. The molecule has 0 aliphatic heterocycles. The fraction of sp³-hybridized carbons (Fsp3) is 0.625. The molecule has 0 amide bonds. The Kier molecular flexibility index (Phi) is 5.23. The van der Waals surface area contributed by atoms with E-state index in [1.807, 2.05) is 0 Å². The van der Waals surface area contributed by atoms with Gasteiger partial charge in [-0.1, -0.05) is 17.7 Å². The smallest absolute Gasteiger partial charge is 0.123 e. The van der Waals surface area contributed by atoms with E-state index < -0.39 is 0 Å². The number of hydrogen-bond donors (Lipinski definition) is 1. The fourth-order valence-corrected chi connectivity index (χ4v) is 2.09. The maximum atomic E-state index is 5.93. The predicted molar refractivity (Wildman–Crippen MR) is 79.7 cm³/mol. The molecule has 0 saturated heterocycles. The molecule has 1 aliphatic rings. The second kappa shape index (κ2) is 6.92. The zero-order chi connectivity index (χ0) is 13.7. The zero-order valence-electron chi connectivity index (χ0n) is 12.4. The molecule has 1 N–H and O–H groups in total. The van der Waals surface area contributed by atoms with E-state index in [1.165, 1.54) is 24.0 Å². The van der Waals surface area contributed by atoms with Gasteiger partial charge in [-0.3, -0.25) is 0 Å². The zero-order valence-corrected chi connectivity index (χ0v) is 12.4. The van der Waals surface area contributed by atoms with Gasteiger partial charge in [0, 0.05) is 24.7 Å². The van der Waals surface area contributed by atoms with Crippen molar-refractivity contribution in [3.63, 3.8) is 0 Å². The first-order valence-corrected chi connectivity index (χ1v) is 7.25. The van der Waals surface area contributed by atoms with Gasteiger partial charge < -0.3 is 15.0 Å². The lowest BCUT2D eigenvalue weighted by Gasteiger charge is -2.14. The first-order chi connectivity index (χ1) is 9.15. The quantitative estimate of drug-likeness (QED) is 0.729. The van der Waals surface area contributed by atoms with E-state index in [4.69, 9.17) is 4.74 Å². The van der Waals surface area contributed by atoms with Crippen LogP contribution < -0.4 is 10.1 Å². The minimum atomic E-state index is 0.738. The molecule has 1 saturated carbocycles. The van der Waals surface area contributed by atoms with Crippen LogP contribution in [0.3, 0.4) is 0 Å². The lowest BCUT2D eigenvalue weighted by atomic mass is 10.1. The molecule has 0 radical (unpaired) electrons. The number of rotatable bonds is 8. The number of hydrogen-bond acceptors (Lipinski definition) is 3. The van der Waals surface area contributed by atoms with Crippen molar-refractivity contribution in [3.05, 3.63) is 29.3 Å². The highest BCUT2D eigenvalue weighted by Gasteiger charge is 2.20. The third-order valence-electron chi connectivity index (χ3n) is 3.38. The second-order valence-corrected chi connectivity index (χ2v) is 5.77. The van der Waals surface area contributed by atoms with Gasteiger partial charge in [-0.15, -0.1) is 0 Å². The Morgan fingerprint density at radius 1 is 1.32 bits per heavy atom. The van der Waals surface area contributed by atoms with E-state index in [0.717, 1.165) is 37.9 Å². The Morgan fingerprint density at radius 2 is 2.11 bits per heavy atom. The summed E-state index contributed by atoms with van der Waals surface area (Å²) in [4.78, 5) is 2.19. The Labute approximate surface area is 116 Å². The molecule has 0 aromatic heterocycles. The summed E-state index contributed by atoms with van der Waals surface area (Å²) in [6.07, 6.45) is 3.71. The lowest BCUT2D eigenvalue weighted by Crippen LogP contribution is -2.17. The van der Waals surface area contributed by atoms with Crippen LogP contribution in [-0.4, -0.2) is 38.2 Å². The highest BCUT2D eigenvalue weighted by molar-refractivity contribution is 5.37. The topological polar surface area (TPSA) is 24.5 Å². The van der Waals surface area contributed by atoms with Crippen molar-refractivity contribution in [2.24, 2.45) is 0 Å². The molecular formula is C16H26N2O. The number of aryl methyl sites for hydroxylation is 1. The molecule has 0 spiro atoms. The highest BCUT2D eigenvalue weighted by Crippen LogP contribution is 2.23. The summed E-state index contributed by atoms with van der Waals surface area (Å²) in [5.41, 5.74) is 2.59. The van der Waals surface area contributed by atoms with E-state index in [9.17, 15) is 0 Å². The third-order valence-corrected chi connectivity index (χ3v) is 3.38. The minimum absolute atomic E-state index is 0.738. The molecule has 19 heavy (non-hydrogen) atoms. The van der Waals surface area contributed by atoms with Crippen molar-refractivity contribution in [1.82, 2.24) is 10.2 Å². The molecule has 106 valence electrons. The highest BCUT2D eigenvalue weighted by atomic mass is 16.5. The van der Waals surface area contributed by atoms with Gasteiger partial charge in [0.1, 0.15) is 5.75 Å². The molecule has 3 nitrogen and oxygen atoms in total. The standard InChI is InChI=1S/C16H26N2O/c1-13-5-8-16(19-10-4-9-18(2)3)14(11-13)12-17-15-6-7-15/h5,8,11,15,17H,4,6-7,9-10,12H2,1-3H3. The van der Waals surface area contributed by atoms with E-state index in [-0.39, 0.29) is 0 Å². The number of nitrogens with zero attached hydrogens (tertiary/aromatic N) is 1. The van der Waals surface area contributed by atoms with Crippen LogP contribution in [0.4, 0.5) is 0 Å². The molecule has 1 aliphatic carbocycles. The molecule has 0 heterocycles. The average molecular weight is 262 g/mol. The Hall–Kier alpha value is -1.06. The summed E-state index contributed by atoms with van der Waals surface area (Å²) < 4.78 is 5.93. The summed E-state index contributed by atoms with van der Waals surface area (Å²) in [5.74, 6) is 1.04. The minimum Gasteiger partial charge on any atom is -0.493 e. The summed E-state index contributed by atoms with van der Waals surface area (Å²) in [5, 5.41) is 3.56. The van der Waals surface area contributed by atoms with Gasteiger partial charge in [0.05, 0.1) is 6.61 Å². The molecule has 1 fully saturated rings. The average Bonchev–Trinajstić information content (AvgIpc) is 3.17. The number of nitrogens with one attached hydrogen (secondary N) is 1. The van der Waals surface area contributed by atoms with Crippen LogP contribution >= 0.6 is 0 Å². The molecule has 0 unspecified atom stereocenters. The first-order valence-electron chi connectivity index (χ1n) is 7.25. The normalized spacial score (nSPS) is 14.9. The maximum Gasteiger partial charge on any atom is 0.123 e. The SMILES string of the molecule is Cc1ccc(OCCCN(C)C)c(CNC2CC2)c1. The van der Waals surface area contributed by atoms with Crippen molar-refractivity contribution >= 4 is 0 Å². The van der Waals surface area contributed by atoms with Crippen LogP contribution in [0.5, 0.6) is 5.75 Å². The maximum absolute atomic E-state index is 5.93. The number of benzene rings is 1. The fourth-order valence-electron chi connectivity index (χ4n) is 2.09. The van der Waals surface area contributed by atoms with Crippen LogP contribution in [0.15, 0.2) is 18.2 Å². The van der Waals surface area contributed by atoms with Crippen molar-refractivity contribution in [3.8, 4) is 5.75 Å². The molecule has 1 aromatic carbocycles. The largest absolute Gasteiger partial charge is 0.493 e. The summed E-state index contributed by atoms with van der Waals surface area (Å²) >= 11 is 0. The first kappa shape index (κ1) is 14.4. The molecule has 0 bridgehead atoms. The van der Waals surface area contributed by atoms with Crippen LogP contribution in [-0.2, 0) is 6.54 Å². The van der Waals surface area contributed by atoms with Crippen molar-refractivity contribution < 1.29 is 4.74 Å². The predicted octanol–water partition coefficient (Wildman–Crippen LogP) is 2.58. The van der Waals surface area contributed by atoms with Gasteiger partial charge >= 0.3 is 0 Å². The summed E-state index contributed by atoms with van der Waals surface area (Å²) in [6.45, 7) is 4.92. The van der Waals surface area contributed by atoms with E-state index >= 15 is 0 Å². The second-order valence-electron chi connectivity index (χ2n) is 5.77. The summed E-state index contributed by atoms with van der Waals surface area (Å²) in [7, 11) is 4.19. The summed E-state index contributed by atoms with van der Waals surface area (Å²) in [6, 6.07) is 7.20. The van der Waals surface area contributed by atoms with Gasteiger partial charge in [0.25, 0.3) is 0 Å². The van der Waals surface area contributed by atoms with E-state index in [0.29, 0.717) is 0 Å². The van der Waals surface area contributed by atoms with E-state index in [2.05, 4.69) is 49.4 Å². The molecule has 3 heteroatoms. The van der Waals surface area contributed by atoms with Crippen LogP contribution in [0, 0.1) is 6.92 Å². The van der Waals surface area contributed by atoms with Gasteiger partial charge in [-0.2, -0.15) is 0 Å². The van der Waals surface area contributed by atoms with Crippen LogP contribution in [0.25, 0.3) is 0 Å². The Morgan fingerprint density at radius 3 is 2.79 bits per heavy atom. The van der Waals surface area contributed by atoms with Gasteiger partial charge in [0.15, 0.2) is 0 Å². The Balaban J connectivity index is 1.85. The number of ether oxygens (including phenoxy) is 1. The van der Waals surface area contributed by atoms with Crippen LogP contribution in [0.1, 0.15) is 30.4 Å². The van der Waals surface area contributed by atoms with Gasteiger partial charge in [0.2, 0.25) is 0 Å². The van der Waals surface area contributed by atoms with Crippen molar-refractivity contribution in [1.29, 1.82) is 0 Å². The van der Waals surface area contributed by atoms with E-state index in [1.54, 1.807) is 0 Å². The van der Waals surface area contributed by atoms with Gasteiger partial charge in [-0.05, 0) is 46.3 Å². The Bertz CT molecular complexity index is 400. The third kappa shape index (κ3) is 5.21. The molecular weight excluding hydrogens is 236 g/mol. The monoisotopic (exact) mass is 262 g/mol.